The Balaban J connectivity index is 2.03. The van der Waals surface area contributed by atoms with Gasteiger partial charge in [-0.05, 0) is 24.3 Å². The van der Waals surface area contributed by atoms with E-state index in [0.29, 0.717) is 16.1 Å². The number of rotatable bonds is 4. The van der Waals surface area contributed by atoms with Gasteiger partial charge in [-0.2, -0.15) is 13.9 Å². The SMILES string of the molecule is Fc1ccc(NCc2nn(C(F)F)cc2Cl)cc1. The van der Waals surface area contributed by atoms with E-state index in [9.17, 15) is 13.2 Å². The summed E-state index contributed by atoms with van der Waals surface area (Å²) in [4.78, 5) is 0. The predicted molar refractivity (Wildman–Crippen MR) is 62.2 cm³/mol. The second kappa shape index (κ2) is 5.30. The van der Waals surface area contributed by atoms with Gasteiger partial charge in [0, 0.05) is 11.9 Å². The van der Waals surface area contributed by atoms with Crippen LogP contribution in [0.4, 0.5) is 18.9 Å². The highest BCUT2D eigenvalue weighted by Gasteiger charge is 2.12. The van der Waals surface area contributed by atoms with E-state index in [2.05, 4.69) is 10.4 Å². The van der Waals surface area contributed by atoms with Gasteiger partial charge in [-0.25, -0.2) is 9.07 Å². The number of halogens is 4. The van der Waals surface area contributed by atoms with E-state index in [1.54, 1.807) is 0 Å². The topological polar surface area (TPSA) is 29.9 Å². The third-order valence-corrected chi connectivity index (χ3v) is 2.58. The van der Waals surface area contributed by atoms with E-state index in [1.807, 2.05) is 0 Å². The van der Waals surface area contributed by atoms with Crippen LogP contribution < -0.4 is 5.32 Å². The van der Waals surface area contributed by atoms with Gasteiger partial charge in [-0.1, -0.05) is 11.6 Å². The van der Waals surface area contributed by atoms with Gasteiger partial charge < -0.3 is 5.32 Å². The Morgan fingerprint density at radius 2 is 1.94 bits per heavy atom. The van der Waals surface area contributed by atoms with Gasteiger partial charge in [-0.3, -0.25) is 0 Å². The second-order valence-electron chi connectivity index (χ2n) is 3.54. The molecule has 2 rings (SSSR count). The summed E-state index contributed by atoms with van der Waals surface area (Å²) < 4.78 is 37.8. The molecule has 2 aromatic rings. The van der Waals surface area contributed by atoms with E-state index in [4.69, 9.17) is 11.6 Å². The number of hydrogen-bond acceptors (Lipinski definition) is 2. The highest BCUT2D eigenvalue weighted by molar-refractivity contribution is 6.31. The second-order valence-corrected chi connectivity index (χ2v) is 3.95. The van der Waals surface area contributed by atoms with Crippen molar-refractivity contribution in [2.75, 3.05) is 5.32 Å². The van der Waals surface area contributed by atoms with Gasteiger partial charge >= 0.3 is 6.55 Å². The Hall–Kier alpha value is -1.69. The summed E-state index contributed by atoms with van der Waals surface area (Å²) in [5.41, 5.74) is 0.959. The van der Waals surface area contributed by atoms with E-state index in [0.717, 1.165) is 6.20 Å². The smallest absolute Gasteiger partial charge is 0.333 e. The molecule has 3 nitrogen and oxygen atoms in total. The highest BCUT2D eigenvalue weighted by atomic mass is 35.5. The molecule has 0 amide bonds. The first-order valence-corrected chi connectivity index (χ1v) is 5.45. The largest absolute Gasteiger partial charge is 0.379 e. The molecule has 0 atom stereocenters. The number of alkyl halides is 2. The van der Waals surface area contributed by atoms with Crippen LogP contribution in [0.15, 0.2) is 30.5 Å². The molecule has 0 aliphatic heterocycles. The summed E-state index contributed by atoms with van der Waals surface area (Å²) in [5, 5.41) is 6.71. The summed E-state index contributed by atoms with van der Waals surface area (Å²) in [5.74, 6) is -0.347. The zero-order valence-corrected chi connectivity index (χ0v) is 9.83. The summed E-state index contributed by atoms with van der Waals surface area (Å²) in [6.07, 6.45) is 1.06. The van der Waals surface area contributed by atoms with Gasteiger partial charge in [0.05, 0.1) is 11.6 Å². The lowest BCUT2D eigenvalue weighted by molar-refractivity contribution is 0.0562. The fraction of sp³-hybridized carbons (Fsp3) is 0.182. The van der Waals surface area contributed by atoms with E-state index >= 15 is 0 Å². The molecule has 1 aromatic carbocycles. The summed E-state index contributed by atoms with van der Waals surface area (Å²) in [6.45, 7) is -2.54. The van der Waals surface area contributed by atoms with E-state index in [1.165, 1.54) is 24.3 Å². The van der Waals surface area contributed by atoms with Crippen molar-refractivity contribution in [3.63, 3.8) is 0 Å². The van der Waals surface area contributed by atoms with Gasteiger partial charge in [0.25, 0.3) is 0 Å². The lowest BCUT2D eigenvalue weighted by Gasteiger charge is -2.04. The molecule has 0 bridgehead atoms. The molecule has 0 radical (unpaired) electrons. The molecule has 0 aliphatic rings. The van der Waals surface area contributed by atoms with Crippen molar-refractivity contribution in [3.05, 3.63) is 47.0 Å². The molecule has 0 unspecified atom stereocenters. The van der Waals surface area contributed by atoms with Gasteiger partial charge in [-0.15, -0.1) is 0 Å². The van der Waals surface area contributed by atoms with Gasteiger partial charge in [0.15, 0.2) is 0 Å². The fourth-order valence-electron chi connectivity index (χ4n) is 1.38. The maximum Gasteiger partial charge on any atom is 0.333 e. The standard InChI is InChI=1S/C11H9ClF3N3/c12-9-6-18(11(14)15)17-10(9)5-16-8-3-1-7(13)2-4-8/h1-4,6,11,16H,5H2. The normalized spacial score (nSPS) is 10.9. The third kappa shape index (κ3) is 2.95. The first-order chi connectivity index (χ1) is 8.56. The molecule has 0 fully saturated rings. The third-order valence-electron chi connectivity index (χ3n) is 2.26. The molecule has 18 heavy (non-hydrogen) atoms. The van der Waals surface area contributed by atoms with Gasteiger partial charge in [0.1, 0.15) is 11.5 Å². The summed E-state index contributed by atoms with van der Waals surface area (Å²) >= 11 is 5.76. The Morgan fingerprint density at radius 1 is 1.28 bits per heavy atom. The summed E-state index contributed by atoms with van der Waals surface area (Å²) in [7, 11) is 0. The first kappa shape index (κ1) is 12.8. The quantitative estimate of drug-likeness (QED) is 0.922. The minimum atomic E-state index is -2.72. The zero-order valence-electron chi connectivity index (χ0n) is 9.08. The highest BCUT2D eigenvalue weighted by Crippen LogP contribution is 2.19. The van der Waals surface area contributed by atoms with Crippen molar-refractivity contribution >= 4 is 17.3 Å². The van der Waals surface area contributed by atoms with Crippen LogP contribution in [0.2, 0.25) is 5.02 Å². The van der Waals surface area contributed by atoms with E-state index < -0.39 is 6.55 Å². The number of benzene rings is 1. The minimum absolute atomic E-state index is 0.157. The Bertz CT molecular complexity index is 525. The van der Waals surface area contributed by atoms with Crippen LogP contribution in [-0.4, -0.2) is 9.78 Å². The van der Waals surface area contributed by atoms with Gasteiger partial charge in [0.2, 0.25) is 0 Å². The van der Waals surface area contributed by atoms with Crippen LogP contribution in [0.5, 0.6) is 0 Å². The predicted octanol–water partition coefficient (Wildman–Crippen LogP) is 3.68. The van der Waals surface area contributed by atoms with Crippen molar-refractivity contribution in [1.29, 1.82) is 0 Å². The van der Waals surface area contributed by atoms with Crippen molar-refractivity contribution in [1.82, 2.24) is 9.78 Å². The Kier molecular flexibility index (Phi) is 3.76. The number of nitrogens with zero attached hydrogens (tertiary/aromatic N) is 2. The maximum absolute atomic E-state index is 12.7. The number of anilines is 1. The zero-order chi connectivity index (χ0) is 13.1. The van der Waals surface area contributed by atoms with Crippen LogP contribution in [-0.2, 0) is 6.54 Å². The Labute approximate surface area is 106 Å². The molecular weight excluding hydrogens is 267 g/mol. The average Bonchev–Trinajstić information content (AvgIpc) is 2.70. The molecule has 0 aliphatic carbocycles. The average molecular weight is 276 g/mol. The molecule has 0 spiro atoms. The van der Waals surface area contributed by atoms with Crippen LogP contribution >= 0.6 is 11.6 Å². The van der Waals surface area contributed by atoms with Crippen molar-refractivity contribution in [2.24, 2.45) is 0 Å². The molecular formula is C11H9ClF3N3. The Morgan fingerprint density at radius 3 is 2.50 bits per heavy atom. The van der Waals surface area contributed by atoms with Crippen molar-refractivity contribution in [2.45, 2.75) is 13.1 Å². The molecule has 1 aromatic heterocycles. The van der Waals surface area contributed by atoms with Crippen LogP contribution in [0.25, 0.3) is 0 Å². The lowest BCUT2D eigenvalue weighted by Crippen LogP contribution is -2.03. The summed E-state index contributed by atoms with van der Waals surface area (Å²) in [6, 6.07) is 5.66. The molecule has 1 N–H and O–H groups in total. The van der Waals surface area contributed by atoms with E-state index in [-0.39, 0.29) is 17.4 Å². The first-order valence-electron chi connectivity index (χ1n) is 5.07. The van der Waals surface area contributed by atoms with Crippen LogP contribution in [0, 0.1) is 5.82 Å². The van der Waals surface area contributed by atoms with Crippen LogP contribution in [0.1, 0.15) is 12.2 Å². The molecule has 7 heteroatoms. The van der Waals surface area contributed by atoms with Crippen LogP contribution in [0.3, 0.4) is 0 Å². The number of hydrogen-bond donors (Lipinski definition) is 1. The minimum Gasteiger partial charge on any atom is -0.379 e. The fourth-order valence-corrected chi connectivity index (χ4v) is 1.58. The molecule has 0 saturated carbocycles. The maximum atomic E-state index is 12.7. The molecule has 1 heterocycles. The number of aromatic nitrogens is 2. The number of nitrogens with one attached hydrogen (secondary N) is 1. The molecule has 96 valence electrons. The van der Waals surface area contributed by atoms with Crippen molar-refractivity contribution < 1.29 is 13.2 Å². The monoisotopic (exact) mass is 275 g/mol. The van der Waals surface area contributed by atoms with Crippen molar-refractivity contribution in [3.8, 4) is 0 Å². The molecule has 0 saturated heterocycles. The lowest BCUT2D eigenvalue weighted by atomic mass is 10.3.